The Morgan fingerprint density at radius 3 is 1.94 bits per heavy atom. The summed E-state index contributed by atoms with van der Waals surface area (Å²) in [5.41, 5.74) is 3.46. The number of esters is 1. The van der Waals surface area contributed by atoms with E-state index in [1.165, 1.54) is 12.5 Å². The Balaban J connectivity index is 1.25. The van der Waals surface area contributed by atoms with Crippen LogP contribution in [0.4, 0.5) is 0 Å². The largest absolute Gasteiger partial charge is 0.462 e. The number of rotatable bonds is 11. The molecule has 0 unspecified atom stereocenters. The van der Waals surface area contributed by atoms with Crippen LogP contribution >= 0.6 is 0 Å². The molecule has 6 nitrogen and oxygen atoms in total. The van der Waals surface area contributed by atoms with Gasteiger partial charge in [0.25, 0.3) is 5.60 Å². The van der Waals surface area contributed by atoms with Gasteiger partial charge in [-0.05, 0) is 64.9 Å². The maximum Gasteiger partial charge on any atom is 0.326 e. The Labute approximate surface area is 289 Å². The lowest BCUT2D eigenvalue weighted by atomic mass is 9.61. The van der Waals surface area contributed by atoms with E-state index in [1.807, 2.05) is 63.3 Å². The third kappa shape index (κ3) is 7.41. The molecule has 0 aromatic carbocycles. The molecule has 6 heteroatoms. The lowest BCUT2D eigenvalue weighted by molar-refractivity contribution is -0.152. The monoisotopic (exact) mass is 659 g/mol. The molecule has 48 heavy (non-hydrogen) atoms. The molecule has 0 aromatic rings. The molecule has 0 bridgehead atoms. The maximum absolute atomic E-state index is 13.3. The standard InChI is InChI=1S/C42H59O6/c1-28(18-14-19-30(3)22-23-35-38(6,7)26-34(47-32(5)43)27-40(35,10)46)16-12-13-17-29(2)20-15-21-31(4)36(45)37-42-39(8,9)24-33(44)25-41(42,11)48(37)42/h12-21,23,33-34,37,44,46H,22,24-27H2,1-11H3/q+1/b13-12+,18-14+,20-15+,28-16+,29-17+,30-19+,31-21+,35-23?/t33-,34-,37+,40+,41+,42-/m0/s1. The van der Waals surface area contributed by atoms with E-state index < -0.39 is 5.60 Å². The Morgan fingerprint density at radius 1 is 0.812 bits per heavy atom. The number of epoxide rings is 2. The molecule has 4 aliphatic rings. The summed E-state index contributed by atoms with van der Waals surface area (Å²) in [5, 5.41) is 21.5. The molecule has 2 N–H and O–H groups in total. The van der Waals surface area contributed by atoms with Crippen LogP contribution in [0.2, 0.25) is 0 Å². The van der Waals surface area contributed by atoms with Crippen molar-refractivity contribution in [3.63, 3.8) is 0 Å². The van der Waals surface area contributed by atoms with Gasteiger partial charge in [-0.15, -0.1) is 0 Å². The van der Waals surface area contributed by atoms with Gasteiger partial charge in [0.05, 0.1) is 23.5 Å². The quantitative estimate of drug-likeness (QED) is 0.0581. The number of fused-ring (bicyclic) bond motifs is 1. The molecule has 4 rings (SSSR count). The molecule has 262 valence electrons. The van der Waals surface area contributed by atoms with E-state index in [9.17, 15) is 19.8 Å². The summed E-state index contributed by atoms with van der Waals surface area (Å²) in [6, 6.07) is 0. The Morgan fingerprint density at radius 2 is 1.40 bits per heavy atom. The predicted octanol–water partition coefficient (Wildman–Crippen LogP) is 8.46. The highest BCUT2D eigenvalue weighted by molar-refractivity contribution is 6.03. The van der Waals surface area contributed by atoms with E-state index in [0.717, 1.165) is 41.6 Å². The minimum atomic E-state index is -1.02. The third-order valence-electron chi connectivity index (χ3n) is 11.0. The molecule has 2 aliphatic heterocycles. The number of ether oxygens (including phenoxy) is 1. The van der Waals surface area contributed by atoms with Gasteiger partial charge >= 0.3 is 17.7 Å². The van der Waals surface area contributed by atoms with Gasteiger partial charge in [0.2, 0.25) is 5.78 Å². The van der Waals surface area contributed by atoms with Gasteiger partial charge in [-0.2, -0.15) is 0 Å². The fourth-order valence-corrected chi connectivity index (χ4v) is 9.13. The first-order valence-corrected chi connectivity index (χ1v) is 17.5. The number of carbonyl (C=O) groups is 2. The Hall–Kier alpha value is -3.06. The number of hydrogen-bond acceptors (Lipinski definition) is 5. The molecule has 2 aliphatic carbocycles. The summed E-state index contributed by atoms with van der Waals surface area (Å²) in [4.78, 5) is 24.7. The van der Waals surface area contributed by atoms with Gasteiger partial charge in [0.15, 0.2) is 0 Å². The number of allylic oxidation sites excluding steroid dienone is 14. The van der Waals surface area contributed by atoms with Gasteiger partial charge in [0, 0.05) is 25.8 Å². The molecular formula is C42H59O6+. The molecule has 6 atom stereocenters. The van der Waals surface area contributed by atoms with Crippen LogP contribution in [0.15, 0.2) is 94.7 Å². The summed E-state index contributed by atoms with van der Waals surface area (Å²) in [5.74, 6) is -0.139. The number of aliphatic hydroxyl groups is 2. The highest BCUT2D eigenvalue weighted by atomic mass is 16.9. The lowest BCUT2D eigenvalue weighted by Crippen LogP contribution is -2.53. The molecule has 0 aromatic heterocycles. The van der Waals surface area contributed by atoms with Crippen molar-refractivity contribution in [2.24, 2.45) is 10.8 Å². The average Bonchev–Trinajstić information content (AvgIpc) is 3.80. The number of ketones is 1. The van der Waals surface area contributed by atoms with Crippen molar-refractivity contribution < 1.29 is 28.9 Å². The van der Waals surface area contributed by atoms with Crippen molar-refractivity contribution in [1.29, 1.82) is 0 Å². The molecule has 2 saturated carbocycles. The van der Waals surface area contributed by atoms with Crippen LogP contribution in [0.25, 0.3) is 0 Å². The fourth-order valence-electron chi connectivity index (χ4n) is 9.13. The van der Waals surface area contributed by atoms with E-state index in [-0.39, 0.29) is 52.1 Å². The second kappa shape index (κ2) is 13.7. The molecular weight excluding hydrogens is 600 g/mol. The van der Waals surface area contributed by atoms with E-state index in [2.05, 4.69) is 77.1 Å². The zero-order valence-electron chi connectivity index (χ0n) is 31.1. The number of Topliss-reactive ketones (excluding diaryl/α,β-unsaturated/α-hetero) is 1. The Bertz CT molecular complexity index is 1520. The molecule has 0 radical (unpaired) electrons. The first-order valence-electron chi connectivity index (χ1n) is 17.5. The van der Waals surface area contributed by atoms with Crippen LogP contribution in [0, 0.1) is 10.8 Å². The van der Waals surface area contributed by atoms with Gasteiger partial charge in [0.1, 0.15) is 6.10 Å². The van der Waals surface area contributed by atoms with E-state index in [4.69, 9.17) is 4.74 Å². The number of hydrogen-bond donors (Lipinski definition) is 2. The first-order chi connectivity index (χ1) is 22.2. The second-order valence-electron chi connectivity index (χ2n) is 16.4. The minimum Gasteiger partial charge on any atom is -0.462 e. The Kier molecular flexibility index (Phi) is 10.8. The van der Waals surface area contributed by atoms with Crippen LogP contribution in [0.1, 0.15) is 108 Å². The van der Waals surface area contributed by atoms with Gasteiger partial charge in [-0.1, -0.05) is 111 Å². The SMILES string of the molecule is CC(=O)O[C@H]1CC(C)(C)C(=CC/C(C)=C/C=C/C(C)=C/C=C/C=C(C)/C=C/C=C(\C)C(=O)[C@H]2[O+]3[C@]4(C)C[C@@H](O)CC(C)(C)[C@]234)[C@](C)(O)C1. The molecule has 1 spiro atoms. The van der Waals surface area contributed by atoms with Crippen molar-refractivity contribution in [3.8, 4) is 0 Å². The van der Waals surface area contributed by atoms with Gasteiger partial charge < -0.3 is 19.3 Å². The van der Waals surface area contributed by atoms with Crippen LogP contribution in [0.5, 0.6) is 0 Å². The molecule has 2 heterocycles. The van der Waals surface area contributed by atoms with Gasteiger partial charge in [-0.3, -0.25) is 9.59 Å². The zero-order chi connectivity index (χ0) is 35.9. The minimum absolute atomic E-state index is 0.112. The van der Waals surface area contributed by atoms with Crippen molar-refractivity contribution in [3.05, 3.63) is 94.7 Å². The smallest absolute Gasteiger partial charge is 0.326 e. The van der Waals surface area contributed by atoms with Gasteiger partial charge in [-0.25, -0.2) is 0 Å². The second-order valence-corrected chi connectivity index (χ2v) is 16.4. The van der Waals surface area contributed by atoms with Crippen LogP contribution < -0.4 is 0 Å². The summed E-state index contributed by atoms with van der Waals surface area (Å²) in [7, 11) is 0. The van der Waals surface area contributed by atoms with Crippen LogP contribution in [0.3, 0.4) is 0 Å². The highest BCUT2D eigenvalue weighted by Gasteiger charge is 3.11. The first kappa shape index (κ1) is 37.8. The third-order valence-corrected chi connectivity index (χ3v) is 11.0. The van der Waals surface area contributed by atoms with Crippen LogP contribution in [-0.4, -0.2) is 57.1 Å². The van der Waals surface area contributed by atoms with Crippen molar-refractivity contribution in [1.82, 2.24) is 0 Å². The van der Waals surface area contributed by atoms with Crippen molar-refractivity contribution in [2.75, 3.05) is 0 Å². The topological polar surface area (TPSA) is 86.5 Å². The molecule has 0 amide bonds. The zero-order valence-corrected chi connectivity index (χ0v) is 31.1. The molecule has 2 saturated heterocycles. The molecule has 4 fully saturated rings. The lowest BCUT2D eigenvalue weighted by Gasteiger charge is -2.46. The maximum atomic E-state index is 13.3. The average molecular weight is 660 g/mol. The highest BCUT2D eigenvalue weighted by Crippen LogP contribution is 2.86. The summed E-state index contributed by atoms with van der Waals surface area (Å²) in [6.45, 7) is 22.0. The number of aliphatic hydroxyl groups excluding tert-OH is 1. The summed E-state index contributed by atoms with van der Waals surface area (Å²) in [6.07, 6.45) is 24.9. The van der Waals surface area contributed by atoms with E-state index in [0.29, 0.717) is 12.8 Å². The summed E-state index contributed by atoms with van der Waals surface area (Å²) >= 11 is 0. The predicted molar refractivity (Wildman–Crippen MR) is 194 cm³/mol. The van der Waals surface area contributed by atoms with E-state index in [1.54, 1.807) is 0 Å². The summed E-state index contributed by atoms with van der Waals surface area (Å²) < 4.78 is 8.73. The van der Waals surface area contributed by atoms with E-state index >= 15 is 0 Å². The van der Waals surface area contributed by atoms with Crippen molar-refractivity contribution >= 4 is 11.8 Å². The van der Waals surface area contributed by atoms with Crippen molar-refractivity contribution in [2.45, 2.75) is 143 Å². The normalized spacial score (nSPS) is 36.1. The van der Waals surface area contributed by atoms with Crippen LogP contribution in [-0.2, 0) is 18.7 Å². The number of carbonyl (C=O) groups excluding carboxylic acids is 2. The fraction of sp³-hybridized carbons (Fsp3) is 0.571.